The molecule has 0 amide bonds. The number of rotatable bonds is 0. The molecule has 0 aliphatic rings. The quantitative estimate of drug-likeness (QED) is 0.343. The van der Waals surface area contributed by atoms with Gasteiger partial charge in [-0.05, 0) is 0 Å². The van der Waals surface area contributed by atoms with Crippen molar-refractivity contribution in [3.8, 4) is 0 Å². The van der Waals surface area contributed by atoms with Gasteiger partial charge < -0.3 is 5.48 Å². The van der Waals surface area contributed by atoms with Crippen molar-refractivity contribution >= 4 is 54.8 Å². The zero-order chi connectivity index (χ0) is 0. The second-order valence-electron chi connectivity index (χ2n) is 0. The molecule has 0 fully saturated rings. The Morgan fingerprint density at radius 3 is 0.333 bits per heavy atom. The molecule has 0 bridgehead atoms. The fourth-order valence-electron chi connectivity index (χ4n) is 0. The molecule has 0 rings (SSSR count). The van der Waals surface area contributed by atoms with E-state index in [0.29, 0.717) is 0 Å². The maximum atomic E-state index is 0. The molecule has 0 aliphatic heterocycles. The van der Waals surface area contributed by atoms with E-state index in [1.54, 1.807) is 0 Å². The first kappa shape index (κ1) is 236. The van der Waals surface area contributed by atoms with Crippen LogP contribution < -0.4 is 0 Å². The molecule has 2 N–H and O–H groups in total. The summed E-state index contributed by atoms with van der Waals surface area (Å²) < 4.78 is 0. The summed E-state index contributed by atoms with van der Waals surface area (Å²) in [5.74, 6) is 0. The van der Waals surface area contributed by atoms with Crippen LogP contribution in [-0.4, -0.2) is 60.3 Å². The number of hydrogen-bond donors (Lipinski definition) is 0. The van der Waals surface area contributed by atoms with E-state index in [2.05, 4.69) is 0 Å². The van der Waals surface area contributed by atoms with Crippen molar-refractivity contribution in [2.24, 2.45) is 0 Å². The fraction of sp³-hybridized carbons (Fsp3) is 0. The van der Waals surface area contributed by atoms with Crippen molar-refractivity contribution in [3.63, 3.8) is 0 Å². The Labute approximate surface area is 60.7 Å². The van der Waals surface area contributed by atoms with Crippen LogP contribution >= 0.6 is 0 Å². The van der Waals surface area contributed by atoms with Gasteiger partial charge in [-0.2, -0.15) is 0 Å². The standard InChI is InChI=1S/H2O.5Si/h1H2;;;;;. The molecule has 6 heavy (non-hydrogen) atoms. The third kappa shape index (κ3) is 75.6. The van der Waals surface area contributed by atoms with Crippen molar-refractivity contribution in [2.75, 3.05) is 0 Å². The first-order chi connectivity index (χ1) is 0. The molecular formula is H2OSi5. The Balaban J connectivity index is 0. The lowest BCUT2D eigenvalue weighted by Gasteiger charge is -0.412. The smallest absolute Gasteiger partial charge is 0 e. The minimum atomic E-state index is 0. The Morgan fingerprint density at radius 2 is 0.333 bits per heavy atom. The molecule has 0 spiro atoms. The zero-order valence-electron chi connectivity index (χ0n) is 3.00. The molecule has 0 atom stereocenters. The summed E-state index contributed by atoms with van der Waals surface area (Å²) in [7, 11) is 0. The number of hydrogen-bond acceptors (Lipinski definition) is 0. The van der Waals surface area contributed by atoms with Gasteiger partial charge in [0, 0.05) is 54.8 Å². The molecule has 20 radical (unpaired) electrons. The molecule has 0 saturated heterocycles. The monoisotopic (exact) mass is 158 g/mol. The molecule has 0 aromatic carbocycles. The third-order valence-electron chi connectivity index (χ3n) is 0. The predicted octanol–water partition coefficient (Wildman–Crippen LogP) is -2.73. The van der Waals surface area contributed by atoms with Crippen LogP contribution in [0.25, 0.3) is 0 Å². The molecule has 0 aromatic heterocycles. The van der Waals surface area contributed by atoms with Gasteiger partial charge in [0.15, 0.2) is 0 Å². The predicted molar refractivity (Wildman–Crippen MR) is 32.4 cm³/mol. The van der Waals surface area contributed by atoms with Gasteiger partial charge in [0.05, 0.1) is 0 Å². The summed E-state index contributed by atoms with van der Waals surface area (Å²) in [6.07, 6.45) is 0. The van der Waals surface area contributed by atoms with Crippen molar-refractivity contribution in [3.05, 3.63) is 0 Å². The van der Waals surface area contributed by atoms with Crippen LogP contribution in [0.5, 0.6) is 0 Å². The Hall–Kier alpha value is 1.04. The summed E-state index contributed by atoms with van der Waals surface area (Å²) in [6.45, 7) is 0. The topological polar surface area (TPSA) is 31.5 Å². The van der Waals surface area contributed by atoms with Gasteiger partial charge in [-0.1, -0.05) is 0 Å². The molecule has 0 heterocycles. The molecule has 0 aliphatic carbocycles. The fourth-order valence-corrected chi connectivity index (χ4v) is 0. The first-order valence-electron chi connectivity index (χ1n) is 0. The molecule has 0 saturated carbocycles. The van der Waals surface area contributed by atoms with Crippen LogP contribution in [0.4, 0.5) is 0 Å². The van der Waals surface area contributed by atoms with E-state index < -0.39 is 0 Å². The van der Waals surface area contributed by atoms with E-state index >= 15 is 0 Å². The molecule has 1 nitrogen and oxygen atoms in total. The second kappa shape index (κ2) is 141. The van der Waals surface area contributed by atoms with Crippen LogP contribution in [0.3, 0.4) is 0 Å². The Bertz CT molecular complexity index is 3.90. The normalized spacial score (nSPS) is 0. The van der Waals surface area contributed by atoms with Gasteiger partial charge >= 0.3 is 0 Å². The average Bonchev–Trinajstić information content (AvgIpc) is 0. The van der Waals surface area contributed by atoms with Gasteiger partial charge in [0.2, 0.25) is 0 Å². The minimum Gasteiger partial charge on any atom is -0.412 e. The summed E-state index contributed by atoms with van der Waals surface area (Å²) in [5.41, 5.74) is 0. The SMILES string of the molecule is O.[Si].[Si].[Si].[Si].[Si]. The Morgan fingerprint density at radius 1 is 0.333 bits per heavy atom. The third-order valence-corrected chi connectivity index (χ3v) is 0. The minimum absolute atomic E-state index is 0. The summed E-state index contributed by atoms with van der Waals surface area (Å²) in [4.78, 5) is 0. The van der Waals surface area contributed by atoms with Crippen molar-refractivity contribution < 1.29 is 5.48 Å². The average molecular weight is 158 g/mol. The van der Waals surface area contributed by atoms with Gasteiger partial charge in [0.25, 0.3) is 0 Å². The van der Waals surface area contributed by atoms with Crippen molar-refractivity contribution in [1.29, 1.82) is 0 Å². The van der Waals surface area contributed by atoms with Gasteiger partial charge in [0.1, 0.15) is 0 Å². The van der Waals surface area contributed by atoms with Crippen LogP contribution in [0.1, 0.15) is 0 Å². The van der Waals surface area contributed by atoms with E-state index in [9.17, 15) is 0 Å². The van der Waals surface area contributed by atoms with E-state index in [0.717, 1.165) is 0 Å². The molecule has 6 heteroatoms. The lowest BCUT2D eigenvalue weighted by Crippen LogP contribution is -0.382. The summed E-state index contributed by atoms with van der Waals surface area (Å²) in [5, 5.41) is 0. The Kier molecular flexibility index (Phi) is 5540. The van der Waals surface area contributed by atoms with Gasteiger partial charge in [-0.15, -0.1) is 0 Å². The highest BCUT2D eigenvalue weighted by Crippen LogP contribution is -0.289. The van der Waals surface area contributed by atoms with Crippen LogP contribution in [0.15, 0.2) is 0 Å². The maximum Gasteiger partial charge on any atom is 0 e. The maximum absolute atomic E-state index is 0. The highest BCUT2D eigenvalue weighted by molar-refractivity contribution is 5.76. The van der Waals surface area contributed by atoms with Crippen LogP contribution in [0.2, 0.25) is 0 Å². The van der Waals surface area contributed by atoms with E-state index in [-0.39, 0.29) is 60.3 Å². The van der Waals surface area contributed by atoms with Gasteiger partial charge in [-0.3, -0.25) is 0 Å². The lowest BCUT2D eigenvalue weighted by molar-refractivity contribution is 0.824. The zero-order valence-corrected chi connectivity index (χ0v) is 8.00. The second-order valence-corrected chi connectivity index (χ2v) is 0. The van der Waals surface area contributed by atoms with Crippen molar-refractivity contribution in [2.45, 2.75) is 0 Å². The molecule has 28 valence electrons. The van der Waals surface area contributed by atoms with Crippen molar-refractivity contribution in [1.82, 2.24) is 0 Å². The molecule has 0 aromatic rings. The largest absolute Gasteiger partial charge is 0.412 e. The summed E-state index contributed by atoms with van der Waals surface area (Å²) >= 11 is 0. The van der Waals surface area contributed by atoms with E-state index in [4.69, 9.17) is 0 Å². The highest BCUT2D eigenvalue weighted by Gasteiger charge is 0.00401. The highest BCUT2D eigenvalue weighted by atomic mass is 28.1. The van der Waals surface area contributed by atoms with E-state index in [1.807, 2.05) is 0 Å². The van der Waals surface area contributed by atoms with Crippen LogP contribution in [0, 0.1) is 0 Å². The van der Waals surface area contributed by atoms with Crippen LogP contribution in [-0.2, 0) is 0 Å². The first-order valence-corrected chi connectivity index (χ1v) is 0. The van der Waals surface area contributed by atoms with Gasteiger partial charge in [-0.25, -0.2) is 0 Å². The van der Waals surface area contributed by atoms with E-state index in [1.165, 1.54) is 0 Å². The summed E-state index contributed by atoms with van der Waals surface area (Å²) in [6, 6.07) is 0. The lowest BCUT2D eigenvalue weighted by atomic mass is 16.0. The molecular weight excluding hydrogens is 156 g/mol. The molecule has 0 unspecified atom stereocenters.